The van der Waals surface area contributed by atoms with Crippen LogP contribution in [0.15, 0.2) is 72.4 Å². The quantitative estimate of drug-likeness (QED) is 0.458. The van der Waals surface area contributed by atoms with Gasteiger partial charge in [0.1, 0.15) is 17.6 Å². The van der Waals surface area contributed by atoms with Gasteiger partial charge >= 0.3 is 0 Å². The third-order valence-corrected chi connectivity index (χ3v) is 5.89. The normalized spacial score (nSPS) is 11.8. The van der Waals surface area contributed by atoms with Gasteiger partial charge in [-0.15, -0.1) is 11.3 Å². The summed E-state index contributed by atoms with van der Waals surface area (Å²) in [4.78, 5) is 22.0. The number of nitrogens with zero attached hydrogens (tertiary/aromatic N) is 3. The molecule has 31 heavy (non-hydrogen) atoms. The van der Waals surface area contributed by atoms with Gasteiger partial charge in [-0.25, -0.2) is 9.97 Å². The maximum atomic E-state index is 12.9. The lowest BCUT2D eigenvalue weighted by Gasteiger charge is -2.19. The van der Waals surface area contributed by atoms with E-state index in [4.69, 9.17) is 4.74 Å². The number of thiazole rings is 1. The van der Waals surface area contributed by atoms with Crippen LogP contribution in [0.25, 0.3) is 0 Å². The molecule has 0 fully saturated rings. The highest BCUT2D eigenvalue weighted by Crippen LogP contribution is 2.24. The van der Waals surface area contributed by atoms with E-state index in [1.54, 1.807) is 24.6 Å². The summed E-state index contributed by atoms with van der Waals surface area (Å²) < 4.78 is 7.26. The van der Waals surface area contributed by atoms with Crippen LogP contribution in [-0.4, -0.2) is 27.6 Å². The number of aryl methyl sites for hydroxylation is 1. The van der Waals surface area contributed by atoms with Crippen LogP contribution in [0.1, 0.15) is 33.7 Å². The summed E-state index contributed by atoms with van der Waals surface area (Å²) in [6.07, 6.45) is 4.58. The van der Waals surface area contributed by atoms with E-state index >= 15 is 0 Å². The molecule has 2 aromatic carbocycles. The van der Waals surface area contributed by atoms with Gasteiger partial charge in [0, 0.05) is 31.2 Å². The number of methoxy groups -OCH3 is 1. The molecule has 0 aliphatic carbocycles. The highest BCUT2D eigenvalue weighted by molar-refractivity contribution is 7.09. The van der Waals surface area contributed by atoms with E-state index in [2.05, 4.69) is 27.4 Å². The Morgan fingerprint density at radius 2 is 2.03 bits per heavy atom. The topological polar surface area (TPSA) is 69.0 Å². The summed E-state index contributed by atoms with van der Waals surface area (Å²) in [7, 11) is 3.54. The summed E-state index contributed by atoms with van der Waals surface area (Å²) in [6, 6.07) is 17.5. The maximum absolute atomic E-state index is 12.9. The molecule has 1 amide bonds. The minimum Gasteiger partial charge on any atom is -0.497 e. The van der Waals surface area contributed by atoms with Crippen LogP contribution in [0.3, 0.4) is 0 Å². The Morgan fingerprint density at radius 1 is 1.19 bits per heavy atom. The van der Waals surface area contributed by atoms with Crippen molar-refractivity contribution in [2.24, 2.45) is 7.05 Å². The number of hydrogen-bond acceptors (Lipinski definition) is 5. The van der Waals surface area contributed by atoms with Gasteiger partial charge in [0.05, 0.1) is 24.2 Å². The zero-order valence-corrected chi connectivity index (χ0v) is 18.3. The second kappa shape index (κ2) is 9.57. The molecule has 2 aromatic heterocycles. The Kier molecular flexibility index (Phi) is 6.43. The number of aromatic nitrogens is 3. The Hall–Kier alpha value is -3.45. The molecule has 0 bridgehead atoms. The first-order valence-corrected chi connectivity index (χ1v) is 10.9. The molecule has 0 saturated carbocycles. The molecule has 4 aromatic rings. The van der Waals surface area contributed by atoms with E-state index in [1.165, 1.54) is 5.56 Å². The summed E-state index contributed by atoms with van der Waals surface area (Å²) in [5.41, 5.74) is 2.89. The monoisotopic (exact) mass is 432 g/mol. The number of hydrogen-bond donors (Lipinski definition) is 1. The molecule has 6 nitrogen and oxygen atoms in total. The van der Waals surface area contributed by atoms with Gasteiger partial charge in [-0.3, -0.25) is 4.79 Å². The van der Waals surface area contributed by atoms with E-state index in [-0.39, 0.29) is 18.4 Å². The van der Waals surface area contributed by atoms with Crippen LogP contribution in [0.5, 0.6) is 5.75 Å². The van der Waals surface area contributed by atoms with Crippen molar-refractivity contribution in [3.05, 3.63) is 100 Å². The molecular formula is C24H24N4O2S. The molecule has 0 aliphatic rings. The van der Waals surface area contributed by atoms with Crippen LogP contribution in [-0.2, 0) is 24.7 Å². The number of imidazole rings is 1. The minimum absolute atomic E-state index is 0.104. The molecule has 2 heterocycles. The molecule has 4 rings (SSSR count). The van der Waals surface area contributed by atoms with E-state index in [9.17, 15) is 4.79 Å². The maximum Gasteiger partial charge on any atom is 0.226 e. The predicted molar refractivity (Wildman–Crippen MR) is 121 cm³/mol. The highest BCUT2D eigenvalue weighted by Gasteiger charge is 2.22. The van der Waals surface area contributed by atoms with Crippen LogP contribution in [0.4, 0.5) is 0 Å². The fourth-order valence-electron chi connectivity index (χ4n) is 3.43. The molecule has 1 atom stereocenters. The molecule has 1 N–H and O–H groups in total. The van der Waals surface area contributed by atoms with Gasteiger partial charge in [-0.2, -0.15) is 0 Å². The minimum atomic E-state index is -0.384. The molecule has 0 saturated heterocycles. The summed E-state index contributed by atoms with van der Waals surface area (Å²) >= 11 is 1.58. The Labute approximate surface area is 185 Å². The average molecular weight is 433 g/mol. The van der Waals surface area contributed by atoms with E-state index in [0.29, 0.717) is 0 Å². The standard InChI is InChI=1S/C24H24N4O2S/c1-28-12-11-25-24(28)23(18-9-6-10-20(14-18)30-2)27-21(29)15-19-16-31-22(26-19)13-17-7-4-3-5-8-17/h3-12,14,16,23H,13,15H2,1-2H3,(H,27,29). The zero-order chi connectivity index (χ0) is 21.6. The third-order valence-electron chi connectivity index (χ3n) is 4.99. The third kappa shape index (κ3) is 5.19. The zero-order valence-electron chi connectivity index (χ0n) is 17.5. The van der Waals surface area contributed by atoms with E-state index in [1.807, 2.05) is 65.7 Å². The lowest BCUT2D eigenvalue weighted by atomic mass is 10.1. The Balaban J connectivity index is 1.48. The van der Waals surface area contributed by atoms with Crippen molar-refractivity contribution in [1.82, 2.24) is 19.9 Å². The Morgan fingerprint density at radius 3 is 2.77 bits per heavy atom. The number of benzene rings is 2. The summed E-state index contributed by atoms with van der Waals surface area (Å²) in [5.74, 6) is 1.38. The predicted octanol–water partition coefficient (Wildman–Crippen LogP) is 3.92. The van der Waals surface area contributed by atoms with E-state index < -0.39 is 0 Å². The van der Waals surface area contributed by atoms with Crippen LogP contribution in [0, 0.1) is 0 Å². The van der Waals surface area contributed by atoms with Gasteiger partial charge in [-0.05, 0) is 23.3 Å². The van der Waals surface area contributed by atoms with Crippen LogP contribution >= 0.6 is 11.3 Å². The van der Waals surface area contributed by atoms with Gasteiger partial charge in [-0.1, -0.05) is 42.5 Å². The molecular weight excluding hydrogens is 408 g/mol. The summed E-state index contributed by atoms with van der Waals surface area (Å²) in [5, 5.41) is 6.08. The average Bonchev–Trinajstić information content (AvgIpc) is 3.41. The van der Waals surface area contributed by atoms with Crippen molar-refractivity contribution in [1.29, 1.82) is 0 Å². The highest BCUT2D eigenvalue weighted by atomic mass is 32.1. The SMILES string of the molecule is COc1cccc(C(NC(=O)Cc2csc(Cc3ccccc3)n2)c2nccn2C)c1. The molecule has 0 aliphatic heterocycles. The first kappa shape index (κ1) is 20.8. The fourth-order valence-corrected chi connectivity index (χ4v) is 4.26. The first-order valence-electron chi connectivity index (χ1n) is 10.00. The smallest absolute Gasteiger partial charge is 0.226 e. The number of rotatable bonds is 8. The van der Waals surface area contributed by atoms with Gasteiger partial charge < -0.3 is 14.6 Å². The van der Waals surface area contributed by atoms with Gasteiger partial charge in [0.2, 0.25) is 5.91 Å². The van der Waals surface area contributed by atoms with Crippen LogP contribution < -0.4 is 10.1 Å². The van der Waals surface area contributed by atoms with Crippen molar-refractivity contribution < 1.29 is 9.53 Å². The second-order valence-corrected chi connectivity index (χ2v) is 8.19. The largest absolute Gasteiger partial charge is 0.497 e. The molecule has 0 spiro atoms. The number of carbonyl (C=O) groups is 1. The van der Waals surface area contributed by atoms with Crippen molar-refractivity contribution in [2.45, 2.75) is 18.9 Å². The van der Waals surface area contributed by atoms with Crippen LogP contribution in [0.2, 0.25) is 0 Å². The van der Waals surface area contributed by atoms with Gasteiger partial charge in [0.25, 0.3) is 0 Å². The number of ether oxygens (including phenoxy) is 1. The molecule has 1 unspecified atom stereocenters. The van der Waals surface area contributed by atoms with Crippen molar-refractivity contribution in [3.63, 3.8) is 0 Å². The lowest BCUT2D eigenvalue weighted by molar-refractivity contribution is -0.121. The number of carbonyl (C=O) groups excluding carboxylic acids is 1. The van der Waals surface area contributed by atoms with Gasteiger partial charge in [0.15, 0.2) is 0 Å². The Bertz CT molecular complexity index is 1150. The molecule has 0 radical (unpaired) electrons. The first-order chi connectivity index (χ1) is 15.1. The van der Waals surface area contributed by atoms with Crippen molar-refractivity contribution >= 4 is 17.2 Å². The molecule has 158 valence electrons. The van der Waals surface area contributed by atoms with E-state index in [0.717, 1.165) is 34.3 Å². The number of amides is 1. The number of nitrogens with one attached hydrogen (secondary N) is 1. The second-order valence-electron chi connectivity index (χ2n) is 7.25. The lowest BCUT2D eigenvalue weighted by Crippen LogP contribution is -2.32. The fraction of sp³-hybridized carbons (Fsp3) is 0.208. The van der Waals surface area contributed by atoms with Crippen molar-refractivity contribution in [3.8, 4) is 5.75 Å². The van der Waals surface area contributed by atoms with Crippen molar-refractivity contribution in [2.75, 3.05) is 7.11 Å². The summed E-state index contributed by atoms with van der Waals surface area (Å²) in [6.45, 7) is 0. The molecule has 7 heteroatoms.